The predicted octanol–water partition coefficient (Wildman–Crippen LogP) is 2.24. The molecule has 5 nitrogen and oxygen atoms in total. The number of nitrogens with zero attached hydrogens (tertiary/aromatic N) is 1. The van der Waals surface area contributed by atoms with Crippen LogP contribution >= 0.6 is 0 Å². The number of carbonyl (C=O) groups excluding carboxylic acids is 2. The summed E-state index contributed by atoms with van der Waals surface area (Å²) in [6.07, 6.45) is 1.95. The first-order chi connectivity index (χ1) is 8.70. The molecule has 0 radical (unpaired) electrons. The van der Waals surface area contributed by atoms with Gasteiger partial charge in [-0.15, -0.1) is 0 Å². The Labute approximate surface area is 115 Å². The molecule has 0 aliphatic carbocycles. The molecule has 0 aromatic rings. The molecule has 110 valence electrons. The number of carbonyl (C=O) groups is 2. The van der Waals surface area contributed by atoms with E-state index < -0.39 is 17.2 Å². The zero-order valence-electron chi connectivity index (χ0n) is 12.6. The largest absolute Gasteiger partial charge is 0.444 e. The highest BCUT2D eigenvalue weighted by Crippen LogP contribution is 2.31. The number of amides is 1. The van der Waals surface area contributed by atoms with E-state index in [9.17, 15) is 9.59 Å². The van der Waals surface area contributed by atoms with Crippen molar-refractivity contribution in [2.45, 2.75) is 51.7 Å². The summed E-state index contributed by atoms with van der Waals surface area (Å²) in [5.41, 5.74) is -1.41. The van der Waals surface area contributed by atoms with Crippen molar-refractivity contribution in [3.63, 3.8) is 0 Å². The number of aldehydes is 1. The quantitative estimate of drug-likeness (QED) is 0.739. The lowest BCUT2D eigenvalue weighted by Gasteiger charge is -2.42. The number of hydrogen-bond donors (Lipinski definition) is 0. The van der Waals surface area contributed by atoms with Crippen LogP contribution in [0, 0.1) is 5.92 Å². The van der Waals surface area contributed by atoms with Gasteiger partial charge < -0.3 is 14.3 Å². The van der Waals surface area contributed by atoms with Gasteiger partial charge in [-0.1, -0.05) is 0 Å². The first kappa shape index (κ1) is 16.0. The molecule has 1 aliphatic heterocycles. The van der Waals surface area contributed by atoms with E-state index in [1.807, 2.05) is 20.8 Å². The maximum absolute atomic E-state index is 12.1. The maximum Gasteiger partial charge on any atom is 0.410 e. The van der Waals surface area contributed by atoms with Gasteiger partial charge in [-0.25, -0.2) is 4.79 Å². The number of hydrogen-bond acceptors (Lipinski definition) is 4. The Morgan fingerprint density at radius 2 is 1.79 bits per heavy atom. The highest BCUT2D eigenvalue weighted by atomic mass is 16.6. The maximum atomic E-state index is 12.1. The molecule has 0 bridgehead atoms. The molecule has 1 atom stereocenters. The molecule has 0 saturated carbocycles. The fourth-order valence-corrected chi connectivity index (χ4v) is 2.26. The molecule has 0 aromatic heterocycles. The molecule has 5 heteroatoms. The Hall–Kier alpha value is -1.10. The van der Waals surface area contributed by atoms with Crippen molar-refractivity contribution in [3.8, 4) is 0 Å². The standard InChI is InChI=1S/C14H25NO4/c1-13(2,3)19-12(17)15(5)14(4,10-16)11-6-8-18-9-7-11/h10-11H,6-9H2,1-5H3. The molecule has 0 N–H and O–H groups in total. The van der Waals surface area contributed by atoms with Gasteiger partial charge in [-0.2, -0.15) is 0 Å². The Morgan fingerprint density at radius 3 is 2.21 bits per heavy atom. The molecular formula is C14H25NO4. The van der Waals surface area contributed by atoms with Crippen LogP contribution < -0.4 is 0 Å². The van der Waals surface area contributed by atoms with E-state index in [4.69, 9.17) is 9.47 Å². The van der Waals surface area contributed by atoms with E-state index in [0.717, 1.165) is 19.1 Å². The topological polar surface area (TPSA) is 55.8 Å². The van der Waals surface area contributed by atoms with Crippen molar-refractivity contribution in [3.05, 3.63) is 0 Å². The van der Waals surface area contributed by atoms with Crippen molar-refractivity contribution in [2.75, 3.05) is 20.3 Å². The molecule has 1 aliphatic rings. The lowest BCUT2D eigenvalue weighted by molar-refractivity contribution is -0.122. The molecule has 0 spiro atoms. The Morgan fingerprint density at radius 1 is 1.26 bits per heavy atom. The predicted molar refractivity (Wildman–Crippen MR) is 72.0 cm³/mol. The lowest BCUT2D eigenvalue weighted by Crippen LogP contribution is -2.55. The van der Waals surface area contributed by atoms with Gasteiger partial charge in [0.25, 0.3) is 0 Å². The summed E-state index contributed by atoms with van der Waals surface area (Å²) in [6, 6.07) is 0. The highest BCUT2D eigenvalue weighted by molar-refractivity contribution is 5.76. The average Bonchev–Trinajstić information content (AvgIpc) is 2.36. The van der Waals surface area contributed by atoms with E-state index in [1.54, 1.807) is 14.0 Å². The van der Waals surface area contributed by atoms with Crippen molar-refractivity contribution in [2.24, 2.45) is 5.92 Å². The number of likely N-dealkylation sites (N-methyl/N-ethyl adjacent to an activating group) is 1. The fraction of sp³-hybridized carbons (Fsp3) is 0.857. The van der Waals surface area contributed by atoms with E-state index in [-0.39, 0.29) is 5.92 Å². The van der Waals surface area contributed by atoms with E-state index in [2.05, 4.69) is 0 Å². The van der Waals surface area contributed by atoms with Crippen molar-refractivity contribution >= 4 is 12.4 Å². The zero-order valence-corrected chi connectivity index (χ0v) is 12.6. The second-order valence-electron chi connectivity index (χ2n) is 6.27. The lowest BCUT2D eigenvalue weighted by atomic mass is 9.80. The highest BCUT2D eigenvalue weighted by Gasteiger charge is 2.42. The summed E-state index contributed by atoms with van der Waals surface area (Å²) in [5, 5.41) is 0. The average molecular weight is 271 g/mol. The Kier molecular flexibility index (Phi) is 4.96. The normalized spacial score (nSPS) is 20.5. The summed E-state index contributed by atoms with van der Waals surface area (Å²) in [5.74, 6) is 0.108. The van der Waals surface area contributed by atoms with E-state index >= 15 is 0 Å². The second-order valence-corrected chi connectivity index (χ2v) is 6.27. The van der Waals surface area contributed by atoms with Gasteiger partial charge in [0.05, 0.1) is 0 Å². The van der Waals surface area contributed by atoms with Crippen molar-refractivity contribution in [1.82, 2.24) is 4.90 Å². The number of ether oxygens (including phenoxy) is 2. The van der Waals surface area contributed by atoms with Crippen LogP contribution in [0.5, 0.6) is 0 Å². The first-order valence-corrected chi connectivity index (χ1v) is 6.71. The van der Waals surface area contributed by atoms with Crippen LogP contribution in [-0.2, 0) is 14.3 Å². The molecule has 1 saturated heterocycles. The smallest absolute Gasteiger partial charge is 0.410 e. The van der Waals surface area contributed by atoms with Crippen LogP contribution in [0.2, 0.25) is 0 Å². The molecule has 19 heavy (non-hydrogen) atoms. The third-order valence-electron chi connectivity index (χ3n) is 3.68. The summed E-state index contributed by atoms with van der Waals surface area (Å²) in [6.45, 7) is 8.49. The minimum Gasteiger partial charge on any atom is -0.444 e. The van der Waals surface area contributed by atoms with Crippen LogP contribution in [0.15, 0.2) is 0 Å². The summed E-state index contributed by atoms with van der Waals surface area (Å²) < 4.78 is 10.6. The third kappa shape index (κ3) is 3.93. The van der Waals surface area contributed by atoms with Gasteiger partial charge in [-0.3, -0.25) is 4.90 Å². The Bertz CT molecular complexity index is 331. The molecule has 1 amide bonds. The first-order valence-electron chi connectivity index (χ1n) is 6.71. The van der Waals surface area contributed by atoms with E-state index in [0.29, 0.717) is 13.2 Å². The van der Waals surface area contributed by atoms with Crippen LogP contribution in [0.3, 0.4) is 0 Å². The van der Waals surface area contributed by atoms with Gasteiger partial charge >= 0.3 is 6.09 Å². The molecule has 1 fully saturated rings. The molecule has 0 aromatic carbocycles. The van der Waals surface area contributed by atoms with Crippen LogP contribution in [0.4, 0.5) is 4.79 Å². The number of rotatable bonds is 3. The minimum absolute atomic E-state index is 0.108. The van der Waals surface area contributed by atoms with E-state index in [1.165, 1.54) is 4.90 Å². The zero-order chi connectivity index (χ0) is 14.7. The molecule has 1 rings (SSSR count). The fourth-order valence-electron chi connectivity index (χ4n) is 2.26. The third-order valence-corrected chi connectivity index (χ3v) is 3.68. The minimum atomic E-state index is -0.841. The summed E-state index contributed by atoms with van der Waals surface area (Å²) in [7, 11) is 1.62. The molecule has 1 heterocycles. The van der Waals surface area contributed by atoms with Crippen LogP contribution in [-0.4, -0.2) is 48.7 Å². The van der Waals surface area contributed by atoms with Crippen molar-refractivity contribution < 1.29 is 19.1 Å². The van der Waals surface area contributed by atoms with Gasteiger partial charge in [0.15, 0.2) is 0 Å². The van der Waals surface area contributed by atoms with Gasteiger partial charge in [0.1, 0.15) is 17.4 Å². The molecule has 1 unspecified atom stereocenters. The summed E-state index contributed by atoms with van der Waals surface area (Å²) in [4.78, 5) is 25.1. The van der Waals surface area contributed by atoms with Crippen LogP contribution in [0.25, 0.3) is 0 Å². The molecular weight excluding hydrogens is 246 g/mol. The second kappa shape index (κ2) is 5.90. The summed E-state index contributed by atoms with van der Waals surface area (Å²) >= 11 is 0. The van der Waals surface area contributed by atoms with Gasteiger partial charge in [0, 0.05) is 20.3 Å². The monoisotopic (exact) mass is 271 g/mol. The van der Waals surface area contributed by atoms with Crippen LogP contribution in [0.1, 0.15) is 40.5 Å². The van der Waals surface area contributed by atoms with Gasteiger partial charge in [-0.05, 0) is 46.5 Å². The van der Waals surface area contributed by atoms with Gasteiger partial charge in [0.2, 0.25) is 0 Å². The SMILES string of the molecule is CN(C(=O)OC(C)(C)C)C(C)(C=O)C1CCOCC1. The Balaban J connectivity index is 2.81. The van der Waals surface area contributed by atoms with Crippen molar-refractivity contribution in [1.29, 1.82) is 0 Å².